The van der Waals surface area contributed by atoms with Gasteiger partial charge in [-0.05, 0) is 46.5 Å². The number of carbonyl (C=O) groups excluding carboxylic acids is 1. The van der Waals surface area contributed by atoms with Crippen LogP contribution >= 0.6 is 0 Å². The summed E-state index contributed by atoms with van der Waals surface area (Å²) in [7, 11) is 0. The van der Waals surface area contributed by atoms with E-state index in [9.17, 15) is 9.90 Å². The Bertz CT molecular complexity index is 406. The highest BCUT2D eigenvalue weighted by atomic mass is 16.6. The van der Waals surface area contributed by atoms with Crippen LogP contribution in [0.5, 0.6) is 0 Å². The highest BCUT2D eigenvalue weighted by molar-refractivity contribution is 5.68. The lowest BCUT2D eigenvalue weighted by atomic mass is 9.95. The number of aliphatic hydroxyl groups is 1. The molecule has 1 aliphatic heterocycles. The third-order valence-corrected chi connectivity index (χ3v) is 3.30. The normalized spacial score (nSPS) is 20.9. The van der Waals surface area contributed by atoms with Gasteiger partial charge in [0.25, 0.3) is 0 Å². The molecular formula is C15H24N2O3. The van der Waals surface area contributed by atoms with Gasteiger partial charge >= 0.3 is 6.09 Å². The molecule has 0 aromatic heterocycles. The number of piperidine rings is 1. The SMILES string of the molecule is C=C(C#N)C(O)CC1CCCCN1C(=O)OC(C)(C)C. The molecule has 1 rings (SSSR count). The predicted octanol–water partition coefficient (Wildman–Crippen LogP) is 2.61. The number of nitriles is 1. The third-order valence-electron chi connectivity index (χ3n) is 3.30. The van der Waals surface area contributed by atoms with E-state index in [1.807, 2.05) is 26.8 Å². The minimum Gasteiger partial charge on any atom is -0.444 e. The van der Waals surface area contributed by atoms with E-state index in [-0.39, 0.29) is 17.7 Å². The lowest BCUT2D eigenvalue weighted by Gasteiger charge is -2.37. The molecule has 1 N–H and O–H groups in total. The fourth-order valence-electron chi connectivity index (χ4n) is 2.28. The van der Waals surface area contributed by atoms with E-state index in [1.54, 1.807) is 4.90 Å². The zero-order chi connectivity index (χ0) is 15.3. The predicted molar refractivity (Wildman–Crippen MR) is 76.0 cm³/mol. The molecule has 1 aliphatic rings. The molecule has 1 amide bonds. The summed E-state index contributed by atoms with van der Waals surface area (Å²) in [5.41, 5.74) is -0.395. The minimum atomic E-state index is -0.895. The van der Waals surface area contributed by atoms with Crippen molar-refractivity contribution in [2.24, 2.45) is 0 Å². The fourth-order valence-corrected chi connectivity index (χ4v) is 2.28. The van der Waals surface area contributed by atoms with Crippen LogP contribution in [0.25, 0.3) is 0 Å². The first kappa shape index (κ1) is 16.5. The zero-order valence-corrected chi connectivity index (χ0v) is 12.6. The maximum absolute atomic E-state index is 12.2. The number of rotatable bonds is 3. The molecule has 0 aliphatic carbocycles. The van der Waals surface area contributed by atoms with Crippen LogP contribution in [0.3, 0.4) is 0 Å². The summed E-state index contributed by atoms with van der Waals surface area (Å²) in [6, 6.07) is 1.76. The van der Waals surface area contributed by atoms with Gasteiger partial charge in [-0.3, -0.25) is 0 Å². The molecule has 5 nitrogen and oxygen atoms in total. The largest absolute Gasteiger partial charge is 0.444 e. The van der Waals surface area contributed by atoms with E-state index in [2.05, 4.69) is 6.58 Å². The van der Waals surface area contributed by atoms with Crippen molar-refractivity contribution in [3.8, 4) is 6.07 Å². The van der Waals surface area contributed by atoms with Crippen molar-refractivity contribution in [1.29, 1.82) is 5.26 Å². The molecular weight excluding hydrogens is 256 g/mol. The van der Waals surface area contributed by atoms with E-state index >= 15 is 0 Å². The van der Waals surface area contributed by atoms with Crippen LogP contribution in [0.4, 0.5) is 4.79 Å². The molecule has 0 aromatic carbocycles. The van der Waals surface area contributed by atoms with Crippen LogP contribution in [0, 0.1) is 11.3 Å². The molecule has 0 bridgehead atoms. The van der Waals surface area contributed by atoms with Gasteiger partial charge in [0.1, 0.15) is 5.60 Å². The van der Waals surface area contributed by atoms with Gasteiger partial charge in [-0.25, -0.2) is 4.79 Å². The highest BCUT2D eigenvalue weighted by Gasteiger charge is 2.32. The molecule has 2 atom stereocenters. The van der Waals surface area contributed by atoms with E-state index < -0.39 is 11.7 Å². The van der Waals surface area contributed by atoms with Crippen LogP contribution in [0.2, 0.25) is 0 Å². The molecule has 112 valence electrons. The van der Waals surface area contributed by atoms with Crippen molar-refractivity contribution in [1.82, 2.24) is 4.90 Å². The van der Waals surface area contributed by atoms with Crippen molar-refractivity contribution in [2.75, 3.05) is 6.54 Å². The number of hydrogen-bond acceptors (Lipinski definition) is 4. The molecule has 20 heavy (non-hydrogen) atoms. The maximum atomic E-state index is 12.2. The van der Waals surface area contributed by atoms with Crippen molar-refractivity contribution in [2.45, 2.75) is 64.2 Å². The Labute approximate surface area is 120 Å². The maximum Gasteiger partial charge on any atom is 0.410 e. The number of amides is 1. The van der Waals surface area contributed by atoms with E-state index in [0.717, 1.165) is 19.3 Å². The van der Waals surface area contributed by atoms with Crippen LogP contribution in [0.15, 0.2) is 12.2 Å². The second-order valence-corrected chi connectivity index (χ2v) is 6.21. The zero-order valence-electron chi connectivity index (χ0n) is 12.6. The highest BCUT2D eigenvalue weighted by Crippen LogP contribution is 2.24. The van der Waals surface area contributed by atoms with Crippen molar-refractivity contribution in [3.05, 3.63) is 12.2 Å². The summed E-state index contributed by atoms with van der Waals surface area (Å²) >= 11 is 0. The Balaban J connectivity index is 2.70. The Hall–Kier alpha value is -1.54. The van der Waals surface area contributed by atoms with E-state index in [0.29, 0.717) is 13.0 Å². The molecule has 1 heterocycles. The molecule has 0 spiro atoms. The molecule has 0 radical (unpaired) electrons. The fraction of sp³-hybridized carbons (Fsp3) is 0.733. The van der Waals surface area contributed by atoms with Gasteiger partial charge < -0.3 is 14.7 Å². The van der Waals surface area contributed by atoms with Crippen LogP contribution in [-0.4, -0.2) is 40.4 Å². The van der Waals surface area contributed by atoms with Gasteiger partial charge in [0, 0.05) is 12.6 Å². The number of hydrogen-bond donors (Lipinski definition) is 1. The first-order valence-electron chi connectivity index (χ1n) is 7.01. The van der Waals surface area contributed by atoms with E-state index in [1.165, 1.54) is 0 Å². The number of aliphatic hydroxyl groups excluding tert-OH is 1. The van der Waals surface area contributed by atoms with Crippen molar-refractivity contribution < 1.29 is 14.6 Å². The van der Waals surface area contributed by atoms with Gasteiger partial charge in [-0.2, -0.15) is 5.26 Å². The van der Waals surface area contributed by atoms with Gasteiger partial charge in [-0.1, -0.05) is 6.58 Å². The first-order valence-corrected chi connectivity index (χ1v) is 7.01. The Morgan fingerprint density at radius 1 is 1.55 bits per heavy atom. The van der Waals surface area contributed by atoms with Gasteiger partial charge in [0.2, 0.25) is 0 Å². The molecule has 1 fully saturated rings. The Kier molecular flexibility index (Phi) is 5.58. The van der Waals surface area contributed by atoms with E-state index in [4.69, 9.17) is 10.00 Å². The number of carbonyl (C=O) groups is 1. The molecule has 1 saturated heterocycles. The summed E-state index contributed by atoms with van der Waals surface area (Å²) in [6.45, 7) is 9.64. The van der Waals surface area contributed by atoms with Crippen LogP contribution in [0.1, 0.15) is 46.5 Å². The second kappa shape index (κ2) is 6.76. The third kappa shape index (κ3) is 4.86. The lowest BCUT2D eigenvalue weighted by molar-refractivity contribution is 0.00452. The quantitative estimate of drug-likeness (QED) is 0.806. The first-order chi connectivity index (χ1) is 9.24. The molecule has 5 heteroatoms. The average Bonchev–Trinajstić information content (AvgIpc) is 2.36. The summed E-state index contributed by atoms with van der Waals surface area (Å²) in [5.74, 6) is 0. The number of ether oxygens (including phenoxy) is 1. The van der Waals surface area contributed by atoms with Gasteiger partial charge in [0.15, 0.2) is 0 Å². The Morgan fingerprint density at radius 2 is 2.20 bits per heavy atom. The molecule has 0 aromatic rings. The van der Waals surface area contributed by atoms with Crippen LogP contribution < -0.4 is 0 Å². The number of nitrogens with zero attached hydrogens (tertiary/aromatic N) is 2. The van der Waals surface area contributed by atoms with Crippen LogP contribution in [-0.2, 0) is 4.74 Å². The van der Waals surface area contributed by atoms with Crippen molar-refractivity contribution in [3.63, 3.8) is 0 Å². The smallest absolute Gasteiger partial charge is 0.410 e. The van der Waals surface area contributed by atoms with Gasteiger partial charge in [0.05, 0.1) is 17.7 Å². The minimum absolute atomic E-state index is 0.0984. The standard InChI is InChI=1S/C15H24N2O3/c1-11(10-16)13(18)9-12-7-5-6-8-17(12)14(19)20-15(2,3)4/h12-13,18H,1,5-9H2,2-4H3. The molecule has 2 unspecified atom stereocenters. The summed E-state index contributed by atoms with van der Waals surface area (Å²) in [4.78, 5) is 13.8. The molecule has 0 saturated carbocycles. The topological polar surface area (TPSA) is 73.6 Å². The average molecular weight is 280 g/mol. The second-order valence-electron chi connectivity index (χ2n) is 6.21. The van der Waals surface area contributed by atoms with Gasteiger partial charge in [-0.15, -0.1) is 0 Å². The monoisotopic (exact) mass is 280 g/mol. The summed E-state index contributed by atoms with van der Waals surface area (Å²) in [5, 5.41) is 18.6. The summed E-state index contributed by atoms with van der Waals surface area (Å²) in [6.07, 6.45) is 1.85. The lowest BCUT2D eigenvalue weighted by Crippen LogP contribution is -2.47. The number of likely N-dealkylation sites (tertiary alicyclic amines) is 1. The van der Waals surface area contributed by atoms with Crippen molar-refractivity contribution >= 4 is 6.09 Å². The Morgan fingerprint density at radius 3 is 2.75 bits per heavy atom. The summed E-state index contributed by atoms with van der Waals surface area (Å²) < 4.78 is 5.39.